The molecule has 0 saturated carbocycles. The van der Waals surface area contributed by atoms with Crippen molar-refractivity contribution < 1.29 is 38.0 Å². The average Bonchev–Trinajstić information content (AvgIpc) is 3.16. The van der Waals surface area contributed by atoms with Gasteiger partial charge in [-0.05, 0) is 106 Å². The van der Waals surface area contributed by atoms with Crippen LogP contribution in [0.4, 0.5) is 4.53 Å². The lowest BCUT2D eigenvalue weighted by molar-refractivity contribution is -0.147. The topological polar surface area (TPSA) is 80.3 Å². The third kappa shape index (κ3) is 13.2. The van der Waals surface area contributed by atoms with Crippen LogP contribution in [0.3, 0.4) is 0 Å². The molecule has 4 rings (SSSR count). The van der Waals surface area contributed by atoms with Crippen LogP contribution in [-0.4, -0.2) is 52.4 Å². The Kier molecular flexibility index (Phi) is 18.6. The first-order valence-corrected chi connectivity index (χ1v) is 18.3. The molecule has 8 heteroatoms. The number of ether oxygens (including phenoxy) is 4. The maximum atomic E-state index is 12.0. The molecule has 0 fully saturated rings. The summed E-state index contributed by atoms with van der Waals surface area (Å²) < 4.78 is 34.2. The van der Waals surface area contributed by atoms with Crippen molar-refractivity contribution >= 4 is 17.8 Å². The molecule has 1 unspecified atom stereocenters. The number of carbonyl (C=O) groups is 2. The predicted molar refractivity (Wildman–Crippen MR) is 207 cm³/mol. The van der Waals surface area contributed by atoms with E-state index in [-0.39, 0.29) is 18.8 Å². The molecule has 0 heterocycles. The van der Waals surface area contributed by atoms with E-state index in [9.17, 15) is 9.32 Å². The first-order chi connectivity index (χ1) is 25.3. The normalized spacial score (nSPS) is 13.6. The largest absolute Gasteiger partial charge is 0.491 e. The molecule has 0 bridgehead atoms. The molecule has 0 aromatic heterocycles. The average molecular weight is 715 g/mol. The molecule has 1 aliphatic carbocycles. The summed E-state index contributed by atoms with van der Waals surface area (Å²) in [4.78, 5) is 24.4. The van der Waals surface area contributed by atoms with Crippen LogP contribution in [-0.2, 0) is 30.4 Å². The first-order valence-electron chi connectivity index (χ1n) is 18.3. The Morgan fingerprint density at radius 2 is 1.60 bits per heavy atom. The summed E-state index contributed by atoms with van der Waals surface area (Å²) in [6.45, 7) is 13.6. The Morgan fingerprint density at radius 3 is 2.19 bits per heavy atom. The van der Waals surface area contributed by atoms with Gasteiger partial charge < -0.3 is 18.9 Å². The minimum Gasteiger partial charge on any atom is -0.491 e. The van der Waals surface area contributed by atoms with E-state index in [1.54, 1.807) is 13.2 Å². The fraction of sp³-hybridized carbons (Fsp3) is 0.409. The summed E-state index contributed by atoms with van der Waals surface area (Å²) >= 11 is 0. The fourth-order valence-electron chi connectivity index (χ4n) is 6.28. The number of benzene rings is 3. The molecule has 0 saturated heterocycles. The van der Waals surface area contributed by atoms with Crippen LogP contribution in [0, 0.1) is 12.8 Å². The molecule has 3 aromatic rings. The minimum atomic E-state index is -0.733. The Labute approximate surface area is 309 Å². The molecule has 0 N–H and O–H groups in total. The number of halogens is 1. The summed E-state index contributed by atoms with van der Waals surface area (Å²) in [5, 5.41) is 0. The lowest BCUT2D eigenvalue weighted by Gasteiger charge is -2.22. The van der Waals surface area contributed by atoms with E-state index in [1.807, 2.05) is 12.1 Å². The molecule has 7 nitrogen and oxygen atoms in total. The highest BCUT2D eigenvalue weighted by Crippen LogP contribution is 2.37. The van der Waals surface area contributed by atoms with Crippen LogP contribution in [0.1, 0.15) is 75.5 Å². The van der Waals surface area contributed by atoms with Gasteiger partial charge in [0.15, 0.2) is 0 Å². The number of hydrogen-bond acceptors (Lipinski definition) is 7. The van der Waals surface area contributed by atoms with Gasteiger partial charge >= 0.3 is 5.97 Å². The van der Waals surface area contributed by atoms with Crippen molar-refractivity contribution in [2.24, 2.45) is 5.92 Å². The summed E-state index contributed by atoms with van der Waals surface area (Å²) in [6.07, 6.45) is 14.2. The van der Waals surface area contributed by atoms with Crippen LogP contribution in [0.5, 0.6) is 11.5 Å². The summed E-state index contributed by atoms with van der Waals surface area (Å²) in [7, 11) is 1.63. The number of allylic oxidation sites excluding steroid dienone is 3. The second-order valence-electron chi connectivity index (χ2n) is 12.9. The van der Waals surface area contributed by atoms with Gasteiger partial charge in [0, 0.05) is 13.2 Å². The zero-order valence-electron chi connectivity index (χ0n) is 31.3. The Hall–Kier alpha value is -4.53. The Balaban J connectivity index is 0.00000173. The van der Waals surface area contributed by atoms with Crippen molar-refractivity contribution in [2.45, 2.75) is 72.1 Å². The smallest absolute Gasteiger partial charge is 0.336 e. The monoisotopic (exact) mass is 714 g/mol. The van der Waals surface area contributed by atoms with Gasteiger partial charge in [-0.25, -0.2) is 4.79 Å². The van der Waals surface area contributed by atoms with Gasteiger partial charge in [-0.2, -0.15) is 4.94 Å². The van der Waals surface area contributed by atoms with Crippen LogP contribution >= 0.6 is 0 Å². The van der Waals surface area contributed by atoms with Gasteiger partial charge in [-0.1, -0.05) is 95.2 Å². The van der Waals surface area contributed by atoms with Crippen LogP contribution in [0.15, 0.2) is 85.5 Å². The second kappa shape index (κ2) is 23.1. The molecule has 3 aromatic carbocycles. The first kappa shape index (κ1) is 41.9. The van der Waals surface area contributed by atoms with E-state index >= 15 is 0 Å². The minimum absolute atomic E-state index is 0.0296. The number of methoxy groups -OCH3 is 1. The molecule has 1 aliphatic rings. The van der Waals surface area contributed by atoms with E-state index in [0.717, 1.165) is 23.5 Å². The van der Waals surface area contributed by atoms with E-state index in [0.29, 0.717) is 31.0 Å². The van der Waals surface area contributed by atoms with Crippen molar-refractivity contribution in [2.75, 3.05) is 40.1 Å². The maximum absolute atomic E-state index is 12.0. The van der Waals surface area contributed by atoms with Gasteiger partial charge in [0.25, 0.3) is 0 Å². The highest BCUT2D eigenvalue weighted by molar-refractivity contribution is 5.88. The van der Waals surface area contributed by atoms with E-state index in [4.69, 9.17) is 23.7 Å². The van der Waals surface area contributed by atoms with Crippen LogP contribution in [0.2, 0.25) is 0 Å². The molecule has 280 valence electrons. The quantitative estimate of drug-likeness (QED) is 0.0499. The van der Waals surface area contributed by atoms with Gasteiger partial charge in [0.2, 0.25) is 0 Å². The summed E-state index contributed by atoms with van der Waals surface area (Å²) in [5.41, 5.74) is 9.70. The van der Waals surface area contributed by atoms with Gasteiger partial charge in [0.1, 0.15) is 44.2 Å². The van der Waals surface area contributed by atoms with Crippen LogP contribution in [0.25, 0.3) is 27.8 Å². The number of unbranched alkanes of at least 4 members (excludes halogenated alkanes) is 2. The molecule has 0 amide bonds. The third-order valence-electron chi connectivity index (χ3n) is 9.08. The molecular weight excluding hydrogens is 659 g/mol. The van der Waals surface area contributed by atoms with Crippen molar-refractivity contribution in [1.82, 2.24) is 0 Å². The van der Waals surface area contributed by atoms with E-state index in [2.05, 4.69) is 81.3 Å². The van der Waals surface area contributed by atoms with Crippen molar-refractivity contribution in [3.8, 4) is 33.8 Å². The SMILES string of the molecule is C=C(COF)C(=O)OCCOc1cc(OCCOC)cc(-c2ccc(-c3ccc(C4=CCC(CCCCC)CC4)cc3C)cc2CC)c1.C=CC=O. The van der Waals surface area contributed by atoms with E-state index in [1.165, 1.54) is 84.4 Å². The Bertz CT molecular complexity index is 1640. The van der Waals surface area contributed by atoms with Crippen LogP contribution < -0.4 is 9.47 Å². The number of aryl methyl sites for hydroxylation is 2. The molecule has 1 atom stereocenters. The number of esters is 1. The Morgan fingerprint density at radius 1 is 0.904 bits per heavy atom. The molecule has 0 radical (unpaired) electrons. The van der Waals surface area contributed by atoms with Crippen molar-refractivity contribution in [1.29, 1.82) is 0 Å². The standard InChI is InChI=1S/C41H51FO6.C3H4O/c1-6-8-9-10-31-11-13-33(14-12-31)34-15-17-39(29(3)23-34)35-16-18-40(32(7-2)24-35)36-25-37(45-20-19-44-5)27-38(26-36)46-21-22-47-41(43)30(4)28-48-42;1-2-3-4/h13,15-18,23-27,31H,4,6-12,14,19-22,28H2,1-3,5H3;2-3H,1H2. The molecule has 0 spiro atoms. The number of aldehydes is 1. The summed E-state index contributed by atoms with van der Waals surface area (Å²) in [5.74, 6) is 1.33. The lowest BCUT2D eigenvalue weighted by Crippen LogP contribution is -2.15. The molecule has 52 heavy (non-hydrogen) atoms. The second-order valence-corrected chi connectivity index (χ2v) is 12.9. The number of hydrogen-bond donors (Lipinski definition) is 0. The molecular formula is C44H55FO7. The number of carbonyl (C=O) groups excluding carboxylic acids is 2. The third-order valence-corrected chi connectivity index (χ3v) is 9.08. The van der Waals surface area contributed by atoms with Gasteiger partial charge in [0.05, 0.1) is 12.2 Å². The van der Waals surface area contributed by atoms with Crippen molar-refractivity contribution in [3.05, 3.63) is 102 Å². The zero-order valence-corrected chi connectivity index (χ0v) is 31.3. The van der Waals surface area contributed by atoms with Gasteiger partial charge in [-0.15, -0.1) is 0 Å². The highest BCUT2D eigenvalue weighted by atomic mass is 19.3. The highest BCUT2D eigenvalue weighted by Gasteiger charge is 2.17. The predicted octanol–water partition coefficient (Wildman–Crippen LogP) is 10.4. The number of rotatable bonds is 20. The molecule has 0 aliphatic heterocycles. The van der Waals surface area contributed by atoms with Gasteiger partial charge in [-0.3, -0.25) is 4.79 Å². The van der Waals surface area contributed by atoms with E-state index < -0.39 is 12.6 Å². The van der Waals surface area contributed by atoms with Crippen molar-refractivity contribution in [3.63, 3.8) is 0 Å². The zero-order chi connectivity index (χ0) is 37.7. The fourth-order valence-corrected chi connectivity index (χ4v) is 6.28. The lowest BCUT2D eigenvalue weighted by atomic mass is 9.83. The summed E-state index contributed by atoms with van der Waals surface area (Å²) in [6, 6.07) is 19.3. The maximum Gasteiger partial charge on any atom is 0.336 e.